The molecule has 31 heavy (non-hydrogen) atoms. The normalized spacial score (nSPS) is 19.4. The Morgan fingerprint density at radius 1 is 1.26 bits per heavy atom. The standard InChI is InChI=1S/C22H31N5O2S.HI/c1-3-23-22(25-15-20(29)26-17-8-10-18(28)11-9-17)24-14-16-6-4-12-27(2)21(16)19-7-5-13-30-19;/h5,7-11,13,16,21,28H,3-4,6,12,14-15H2,1-2H3,(H,26,29)(H2,23,24,25);1H. The van der Waals surface area contributed by atoms with Crippen LogP contribution in [-0.4, -0.2) is 55.1 Å². The number of piperidine rings is 1. The third kappa shape index (κ3) is 7.65. The van der Waals surface area contributed by atoms with Crippen molar-refractivity contribution in [2.45, 2.75) is 25.8 Å². The number of thiophene rings is 1. The van der Waals surface area contributed by atoms with Crippen LogP contribution in [0.3, 0.4) is 0 Å². The van der Waals surface area contributed by atoms with Crippen molar-refractivity contribution in [3.05, 3.63) is 46.7 Å². The van der Waals surface area contributed by atoms with Crippen LogP contribution in [0.25, 0.3) is 0 Å². The van der Waals surface area contributed by atoms with E-state index in [-0.39, 0.29) is 42.2 Å². The number of aliphatic imine (C=N–C) groups is 1. The largest absolute Gasteiger partial charge is 0.508 e. The number of hydrogen-bond acceptors (Lipinski definition) is 5. The van der Waals surface area contributed by atoms with Gasteiger partial charge in [0.15, 0.2) is 5.96 Å². The van der Waals surface area contributed by atoms with E-state index in [0.717, 1.165) is 19.6 Å². The van der Waals surface area contributed by atoms with Crippen molar-refractivity contribution in [2.24, 2.45) is 10.9 Å². The summed E-state index contributed by atoms with van der Waals surface area (Å²) >= 11 is 1.81. The summed E-state index contributed by atoms with van der Waals surface area (Å²) in [6.45, 7) is 4.68. The molecule has 2 unspecified atom stereocenters. The number of carbonyl (C=O) groups is 1. The molecule has 4 N–H and O–H groups in total. The van der Waals surface area contributed by atoms with Crippen molar-refractivity contribution in [2.75, 3.05) is 38.5 Å². The van der Waals surface area contributed by atoms with Crippen LogP contribution in [0.15, 0.2) is 46.8 Å². The zero-order valence-corrected chi connectivity index (χ0v) is 21.2. The van der Waals surface area contributed by atoms with E-state index in [1.165, 1.54) is 29.9 Å². The Labute approximate surface area is 205 Å². The molecule has 1 aliphatic rings. The number of phenols is 1. The van der Waals surface area contributed by atoms with Crippen molar-refractivity contribution < 1.29 is 9.90 Å². The average Bonchev–Trinajstić information content (AvgIpc) is 3.26. The van der Waals surface area contributed by atoms with E-state index in [4.69, 9.17) is 0 Å². The van der Waals surface area contributed by atoms with Gasteiger partial charge in [0, 0.05) is 29.7 Å². The molecule has 1 aromatic heterocycles. The summed E-state index contributed by atoms with van der Waals surface area (Å²) in [6, 6.07) is 11.1. The molecular weight excluding hydrogens is 525 g/mol. The van der Waals surface area contributed by atoms with Gasteiger partial charge in [-0.1, -0.05) is 6.07 Å². The average molecular weight is 558 g/mol. The fourth-order valence-corrected chi connectivity index (χ4v) is 4.83. The predicted octanol–water partition coefficient (Wildman–Crippen LogP) is 3.65. The molecular formula is C22H32IN5O2S. The molecule has 0 bridgehead atoms. The predicted molar refractivity (Wildman–Crippen MR) is 139 cm³/mol. The first kappa shape index (κ1) is 25.4. The van der Waals surface area contributed by atoms with Gasteiger partial charge < -0.3 is 21.1 Å². The van der Waals surface area contributed by atoms with E-state index in [9.17, 15) is 9.90 Å². The fraction of sp³-hybridized carbons (Fsp3) is 0.455. The number of rotatable bonds is 7. The molecule has 2 aromatic rings. The summed E-state index contributed by atoms with van der Waals surface area (Å²) < 4.78 is 0. The van der Waals surface area contributed by atoms with Gasteiger partial charge in [-0.05, 0) is 75.0 Å². The number of amides is 1. The molecule has 1 amide bonds. The van der Waals surface area contributed by atoms with E-state index in [1.807, 2.05) is 18.3 Å². The van der Waals surface area contributed by atoms with E-state index < -0.39 is 0 Å². The Bertz CT molecular complexity index is 829. The number of benzene rings is 1. The molecule has 1 aliphatic heterocycles. The Morgan fingerprint density at radius 3 is 2.71 bits per heavy atom. The highest BCUT2D eigenvalue weighted by atomic mass is 127. The highest BCUT2D eigenvalue weighted by Gasteiger charge is 2.31. The number of nitrogens with one attached hydrogen (secondary N) is 3. The van der Waals surface area contributed by atoms with Gasteiger partial charge >= 0.3 is 0 Å². The molecule has 1 aromatic carbocycles. The van der Waals surface area contributed by atoms with Gasteiger partial charge in [0.2, 0.25) is 5.91 Å². The Hall–Kier alpha value is -1.85. The lowest BCUT2D eigenvalue weighted by Gasteiger charge is -2.39. The molecule has 1 saturated heterocycles. The number of anilines is 1. The maximum atomic E-state index is 12.2. The minimum Gasteiger partial charge on any atom is -0.508 e. The minimum absolute atomic E-state index is 0. The van der Waals surface area contributed by atoms with Crippen molar-refractivity contribution in [3.8, 4) is 5.75 Å². The van der Waals surface area contributed by atoms with Crippen LogP contribution in [0.4, 0.5) is 5.69 Å². The number of likely N-dealkylation sites (tertiary alicyclic amines) is 1. The van der Waals surface area contributed by atoms with Gasteiger partial charge in [-0.25, -0.2) is 4.99 Å². The molecule has 0 radical (unpaired) electrons. The maximum Gasteiger partial charge on any atom is 0.246 e. The molecule has 0 spiro atoms. The first-order valence-electron chi connectivity index (χ1n) is 10.4. The number of hydrogen-bond donors (Lipinski definition) is 4. The van der Waals surface area contributed by atoms with E-state index in [1.54, 1.807) is 12.1 Å². The molecule has 2 heterocycles. The van der Waals surface area contributed by atoms with Crippen LogP contribution in [0, 0.1) is 5.92 Å². The Balaban J connectivity index is 0.00000341. The van der Waals surface area contributed by atoms with E-state index >= 15 is 0 Å². The summed E-state index contributed by atoms with van der Waals surface area (Å²) in [7, 11) is 2.20. The van der Waals surface area contributed by atoms with E-state index in [0.29, 0.717) is 23.6 Å². The van der Waals surface area contributed by atoms with Crippen molar-refractivity contribution in [1.29, 1.82) is 0 Å². The summed E-state index contributed by atoms with van der Waals surface area (Å²) in [5.74, 6) is 1.10. The summed E-state index contributed by atoms with van der Waals surface area (Å²) in [5.41, 5.74) is 0.634. The van der Waals surface area contributed by atoms with Crippen LogP contribution in [-0.2, 0) is 4.79 Å². The number of halogens is 1. The van der Waals surface area contributed by atoms with Crippen molar-refractivity contribution >= 4 is 52.9 Å². The molecule has 9 heteroatoms. The van der Waals surface area contributed by atoms with Crippen LogP contribution >= 0.6 is 35.3 Å². The molecule has 0 saturated carbocycles. The second-order valence-corrected chi connectivity index (χ2v) is 8.49. The zero-order valence-electron chi connectivity index (χ0n) is 18.0. The second kappa shape index (κ2) is 12.9. The molecule has 2 atom stereocenters. The number of phenolic OH excluding ortho intramolecular Hbond substituents is 1. The Kier molecular flexibility index (Phi) is 10.6. The van der Waals surface area contributed by atoms with Crippen LogP contribution in [0.2, 0.25) is 0 Å². The smallest absolute Gasteiger partial charge is 0.246 e. The lowest BCUT2D eigenvalue weighted by atomic mass is 9.88. The summed E-state index contributed by atoms with van der Waals surface area (Å²) in [6.07, 6.45) is 2.36. The zero-order chi connectivity index (χ0) is 21.3. The van der Waals surface area contributed by atoms with Gasteiger partial charge in [0.1, 0.15) is 12.3 Å². The van der Waals surface area contributed by atoms with Crippen LogP contribution < -0.4 is 16.0 Å². The van der Waals surface area contributed by atoms with Gasteiger partial charge in [-0.15, -0.1) is 35.3 Å². The third-order valence-electron chi connectivity index (χ3n) is 5.25. The van der Waals surface area contributed by atoms with E-state index in [2.05, 4.69) is 50.4 Å². The lowest BCUT2D eigenvalue weighted by molar-refractivity contribution is -0.114. The van der Waals surface area contributed by atoms with Crippen LogP contribution in [0.5, 0.6) is 5.75 Å². The maximum absolute atomic E-state index is 12.2. The fourth-order valence-electron chi connectivity index (χ4n) is 3.85. The van der Waals surface area contributed by atoms with Gasteiger partial charge in [0.25, 0.3) is 0 Å². The first-order valence-corrected chi connectivity index (χ1v) is 11.3. The van der Waals surface area contributed by atoms with Gasteiger partial charge in [-0.3, -0.25) is 9.69 Å². The second-order valence-electron chi connectivity index (χ2n) is 7.51. The monoisotopic (exact) mass is 557 g/mol. The number of guanidine groups is 1. The molecule has 7 nitrogen and oxygen atoms in total. The highest BCUT2D eigenvalue weighted by molar-refractivity contribution is 14.0. The van der Waals surface area contributed by atoms with Crippen LogP contribution in [0.1, 0.15) is 30.7 Å². The van der Waals surface area contributed by atoms with Crippen molar-refractivity contribution in [1.82, 2.24) is 15.5 Å². The summed E-state index contributed by atoms with van der Waals surface area (Å²) in [5, 5.41) is 20.9. The topological polar surface area (TPSA) is 89.0 Å². The Morgan fingerprint density at radius 2 is 2.03 bits per heavy atom. The first-order chi connectivity index (χ1) is 14.6. The minimum atomic E-state index is -0.202. The SMILES string of the molecule is CCNC(=NCC(=O)Nc1ccc(O)cc1)NCC1CCCN(C)C1c1cccs1.I. The van der Waals surface area contributed by atoms with Gasteiger partial charge in [-0.2, -0.15) is 0 Å². The molecule has 1 fully saturated rings. The number of nitrogens with zero attached hydrogens (tertiary/aromatic N) is 2. The molecule has 3 rings (SSSR count). The quantitative estimate of drug-likeness (QED) is 0.181. The highest BCUT2D eigenvalue weighted by Crippen LogP contribution is 2.36. The lowest BCUT2D eigenvalue weighted by Crippen LogP contribution is -2.45. The number of carbonyl (C=O) groups excluding carboxylic acids is 1. The number of aromatic hydroxyl groups is 1. The van der Waals surface area contributed by atoms with Gasteiger partial charge in [0.05, 0.1) is 0 Å². The molecule has 170 valence electrons. The third-order valence-corrected chi connectivity index (χ3v) is 6.19. The van der Waals surface area contributed by atoms with Crippen molar-refractivity contribution in [3.63, 3.8) is 0 Å². The molecule has 0 aliphatic carbocycles. The summed E-state index contributed by atoms with van der Waals surface area (Å²) in [4.78, 5) is 20.5.